The van der Waals surface area contributed by atoms with Gasteiger partial charge in [-0.1, -0.05) is 0 Å². The Hall–Kier alpha value is -0.354. The summed E-state index contributed by atoms with van der Waals surface area (Å²) in [6.45, 7) is 21.6. The second kappa shape index (κ2) is 8.15. The maximum atomic E-state index is 12.6. The van der Waals surface area contributed by atoms with Crippen molar-refractivity contribution < 1.29 is 9.22 Å². The Bertz CT molecular complexity index is 445. The van der Waals surface area contributed by atoms with Crippen molar-refractivity contribution in [3.8, 4) is 0 Å². The SMILES string of the molecule is C=CCC[Se][C@@H]1[C@@H]([C@@H](C)O[Si](C)(C)C(C)(C)C)C(=O)N1CC=C. The molecule has 0 aliphatic carbocycles. The Balaban J connectivity index is 2.79. The zero-order valence-corrected chi connectivity index (χ0v) is 18.3. The van der Waals surface area contributed by atoms with Gasteiger partial charge in [-0.15, -0.1) is 0 Å². The van der Waals surface area contributed by atoms with Crippen LogP contribution in [0.3, 0.4) is 0 Å². The standard InChI is InChI=1S/C18H33NO2SeSi/c1-9-11-13-22-17-15(16(20)19(17)12-10-2)14(3)21-23(7,8)18(4,5)6/h9-10,14-15,17H,1-2,11-13H2,3-8H3/t14-,15+,17-/m1/s1. The number of amides is 1. The Morgan fingerprint density at radius 2 is 1.96 bits per heavy atom. The molecule has 132 valence electrons. The van der Waals surface area contributed by atoms with Crippen molar-refractivity contribution in [2.45, 2.75) is 68.6 Å². The Labute approximate surface area is 149 Å². The molecule has 1 aliphatic heterocycles. The summed E-state index contributed by atoms with van der Waals surface area (Å²) in [5.41, 5.74) is 0. The van der Waals surface area contributed by atoms with Crippen LogP contribution in [0.2, 0.25) is 23.5 Å². The molecule has 3 atom stereocenters. The molecule has 23 heavy (non-hydrogen) atoms. The first kappa shape index (κ1) is 20.7. The van der Waals surface area contributed by atoms with Crippen molar-refractivity contribution in [2.24, 2.45) is 5.92 Å². The number of hydrogen-bond donors (Lipinski definition) is 0. The van der Waals surface area contributed by atoms with E-state index in [2.05, 4.69) is 53.9 Å². The van der Waals surface area contributed by atoms with E-state index in [4.69, 9.17) is 4.43 Å². The summed E-state index contributed by atoms with van der Waals surface area (Å²) in [6.07, 6.45) is 4.81. The van der Waals surface area contributed by atoms with Crippen molar-refractivity contribution in [1.82, 2.24) is 4.90 Å². The monoisotopic (exact) mass is 403 g/mol. The predicted octanol–water partition coefficient (Wildman–Crippen LogP) is 4.07. The summed E-state index contributed by atoms with van der Waals surface area (Å²) >= 11 is 0.404. The average molecular weight is 403 g/mol. The molecule has 0 spiro atoms. The van der Waals surface area contributed by atoms with Gasteiger partial charge in [0.05, 0.1) is 0 Å². The number of carbonyl (C=O) groups is 1. The molecule has 0 aromatic carbocycles. The zero-order valence-electron chi connectivity index (χ0n) is 15.6. The number of hydrogen-bond acceptors (Lipinski definition) is 2. The van der Waals surface area contributed by atoms with Gasteiger partial charge in [0, 0.05) is 0 Å². The number of β-lactam (4-membered cyclic amide) rings is 1. The van der Waals surface area contributed by atoms with Crippen LogP contribution in [0.15, 0.2) is 25.3 Å². The molecule has 5 heteroatoms. The molecule has 1 rings (SSSR count). The second-order valence-corrected chi connectivity index (χ2v) is 15.1. The Morgan fingerprint density at radius 3 is 2.43 bits per heavy atom. The molecule has 1 amide bonds. The van der Waals surface area contributed by atoms with E-state index in [-0.39, 0.29) is 23.0 Å². The van der Waals surface area contributed by atoms with Crippen molar-refractivity contribution in [3.05, 3.63) is 25.3 Å². The Kier molecular flexibility index (Phi) is 7.33. The van der Waals surface area contributed by atoms with Gasteiger partial charge in [-0.25, -0.2) is 0 Å². The van der Waals surface area contributed by atoms with Crippen molar-refractivity contribution >= 4 is 29.2 Å². The summed E-state index contributed by atoms with van der Waals surface area (Å²) in [5.74, 6) is 0.260. The molecule has 1 fully saturated rings. The normalized spacial score (nSPS) is 23.4. The zero-order chi connectivity index (χ0) is 17.8. The van der Waals surface area contributed by atoms with Gasteiger partial charge >= 0.3 is 150 Å². The molecule has 0 N–H and O–H groups in total. The van der Waals surface area contributed by atoms with Gasteiger partial charge in [-0.05, 0) is 0 Å². The average Bonchev–Trinajstić information content (AvgIpc) is 2.42. The molecule has 0 saturated carbocycles. The van der Waals surface area contributed by atoms with Gasteiger partial charge in [0.15, 0.2) is 0 Å². The van der Waals surface area contributed by atoms with E-state index in [0.717, 1.165) is 11.7 Å². The molecule has 3 nitrogen and oxygen atoms in total. The molecular weight excluding hydrogens is 369 g/mol. The summed E-state index contributed by atoms with van der Waals surface area (Å²) in [7, 11) is -1.85. The molecule has 1 saturated heterocycles. The van der Waals surface area contributed by atoms with Gasteiger partial charge < -0.3 is 0 Å². The fraction of sp³-hybridized carbons (Fsp3) is 0.722. The van der Waals surface area contributed by atoms with Crippen LogP contribution >= 0.6 is 0 Å². The van der Waals surface area contributed by atoms with Crippen LogP contribution < -0.4 is 0 Å². The van der Waals surface area contributed by atoms with Gasteiger partial charge in [0.1, 0.15) is 0 Å². The van der Waals surface area contributed by atoms with Crippen LogP contribution in [0.5, 0.6) is 0 Å². The van der Waals surface area contributed by atoms with Crippen LogP contribution in [0.4, 0.5) is 0 Å². The van der Waals surface area contributed by atoms with Gasteiger partial charge in [-0.2, -0.15) is 0 Å². The van der Waals surface area contributed by atoms with Crippen molar-refractivity contribution in [1.29, 1.82) is 0 Å². The molecule has 0 aromatic rings. The first-order valence-electron chi connectivity index (χ1n) is 8.38. The van der Waals surface area contributed by atoms with E-state index < -0.39 is 8.32 Å². The minimum absolute atomic E-state index is 0.0000584. The van der Waals surface area contributed by atoms with Crippen molar-refractivity contribution in [3.63, 3.8) is 0 Å². The van der Waals surface area contributed by atoms with E-state index >= 15 is 0 Å². The predicted molar refractivity (Wildman–Crippen MR) is 102 cm³/mol. The third-order valence-electron chi connectivity index (χ3n) is 4.91. The van der Waals surface area contributed by atoms with Crippen LogP contribution in [-0.2, 0) is 9.22 Å². The minimum atomic E-state index is -1.85. The maximum absolute atomic E-state index is 12.6. The van der Waals surface area contributed by atoms with E-state index in [1.54, 1.807) is 0 Å². The fourth-order valence-electron chi connectivity index (χ4n) is 2.50. The first-order chi connectivity index (χ1) is 10.6. The second-order valence-electron chi connectivity index (χ2n) is 7.73. The number of allylic oxidation sites excluding steroid dienone is 1. The fourth-order valence-corrected chi connectivity index (χ4v) is 6.99. The molecule has 1 aliphatic rings. The van der Waals surface area contributed by atoms with Gasteiger partial charge in [-0.3, -0.25) is 0 Å². The van der Waals surface area contributed by atoms with E-state index in [1.807, 2.05) is 17.1 Å². The number of nitrogens with zero attached hydrogens (tertiary/aromatic N) is 1. The molecule has 0 radical (unpaired) electrons. The van der Waals surface area contributed by atoms with Crippen LogP contribution in [0.1, 0.15) is 34.1 Å². The summed E-state index contributed by atoms with van der Waals surface area (Å²) in [4.78, 5) is 14.9. The van der Waals surface area contributed by atoms with Crippen molar-refractivity contribution in [2.75, 3.05) is 6.54 Å². The first-order valence-corrected chi connectivity index (χ1v) is 13.5. The van der Waals surface area contributed by atoms with Crippen LogP contribution in [0.25, 0.3) is 0 Å². The van der Waals surface area contributed by atoms with E-state index in [0.29, 0.717) is 26.4 Å². The third-order valence-corrected chi connectivity index (χ3v) is 12.3. The molecule has 0 unspecified atom stereocenters. The number of carbonyl (C=O) groups excluding carboxylic acids is 1. The van der Waals surface area contributed by atoms with Crippen LogP contribution in [0, 0.1) is 5.92 Å². The molecular formula is C18H33NO2SeSi. The summed E-state index contributed by atoms with van der Waals surface area (Å²) in [5, 5.41) is 1.30. The molecule has 0 aromatic heterocycles. The van der Waals surface area contributed by atoms with E-state index in [9.17, 15) is 4.79 Å². The van der Waals surface area contributed by atoms with Gasteiger partial charge in [0.2, 0.25) is 0 Å². The van der Waals surface area contributed by atoms with Gasteiger partial charge in [0.25, 0.3) is 0 Å². The summed E-state index contributed by atoms with van der Waals surface area (Å²) < 4.78 is 6.50. The Morgan fingerprint density at radius 1 is 1.35 bits per heavy atom. The third kappa shape index (κ3) is 4.82. The van der Waals surface area contributed by atoms with Crippen LogP contribution in [-0.4, -0.2) is 51.7 Å². The summed E-state index contributed by atoms with van der Waals surface area (Å²) in [6, 6.07) is 0. The number of rotatable bonds is 9. The van der Waals surface area contributed by atoms with E-state index in [1.165, 1.54) is 0 Å². The molecule has 0 bridgehead atoms. The quantitative estimate of drug-likeness (QED) is 0.252. The number of likely N-dealkylation sites (tertiary alicyclic amines) is 1. The topological polar surface area (TPSA) is 29.5 Å². The molecule has 1 heterocycles.